The third kappa shape index (κ3) is 6.73. The Morgan fingerprint density at radius 3 is 2.50 bits per heavy atom. The van der Waals surface area contributed by atoms with Crippen LogP contribution in [0.5, 0.6) is 0 Å². The molecule has 2 rings (SSSR count). The molecule has 0 aliphatic rings. The molecule has 28 heavy (non-hydrogen) atoms. The number of hydrogen-bond donors (Lipinski definition) is 1. The quantitative estimate of drug-likeness (QED) is 0.558. The van der Waals surface area contributed by atoms with Crippen molar-refractivity contribution in [1.29, 1.82) is 0 Å². The molecule has 1 unspecified atom stereocenters. The molecule has 150 valence electrons. The highest BCUT2D eigenvalue weighted by molar-refractivity contribution is 7.99. The number of amides is 2. The normalized spacial score (nSPS) is 11.7. The Bertz CT molecular complexity index is 802. The number of halogens is 2. The Hall–Kier alpha value is -1.69. The summed E-state index contributed by atoms with van der Waals surface area (Å²) in [6.07, 6.45) is 0.328. The number of carbonyl (C=O) groups excluding carboxylic acids is 2. The van der Waals surface area contributed by atoms with Crippen molar-refractivity contribution in [3.63, 3.8) is 0 Å². The van der Waals surface area contributed by atoms with E-state index in [1.807, 2.05) is 37.3 Å². The van der Waals surface area contributed by atoms with Crippen LogP contribution >= 0.6 is 35.0 Å². The SMILES string of the molecule is CCNC(=O)C(C)N(Cc1ccc(Cl)cc1Cl)C(=O)CCSc1ccccc1. The Labute approximate surface area is 180 Å². The molecule has 2 aromatic carbocycles. The molecular weight excluding hydrogens is 415 g/mol. The summed E-state index contributed by atoms with van der Waals surface area (Å²) in [6.45, 7) is 4.35. The van der Waals surface area contributed by atoms with Crippen molar-refractivity contribution in [1.82, 2.24) is 10.2 Å². The summed E-state index contributed by atoms with van der Waals surface area (Å²) in [4.78, 5) is 28.0. The second-order valence-electron chi connectivity index (χ2n) is 6.24. The first-order valence-electron chi connectivity index (χ1n) is 9.11. The van der Waals surface area contributed by atoms with Crippen molar-refractivity contribution in [2.24, 2.45) is 0 Å². The van der Waals surface area contributed by atoms with Gasteiger partial charge < -0.3 is 10.2 Å². The van der Waals surface area contributed by atoms with E-state index in [9.17, 15) is 9.59 Å². The van der Waals surface area contributed by atoms with Crippen molar-refractivity contribution in [2.75, 3.05) is 12.3 Å². The van der Waals surface area contributed by atoms with Crippen LogP contribution in [0.15, 0.2) is 53.4 Å². The zero-order valence-corrected chi connectivity index (χ0v) is 18.3. The van der Waals surface area contributed by atoms with Crippen molar-refractivity contribution < 1.29 is 9.59 Å². The highest BCUT2D eigenvalue weighted by atomic mass is 35.5. The van der Waals surface area contributed by atoms with Crippen molar-refractivity contribution in [3.8, 4) is 0 Å². The maximum atomic E-state index is 12.9. The first-order chi connectivity index (χ1) is 13.4. The molecule has 2 aromatic rings. The minimum Gasteiger partial charge on any atom is -0.355 e. The summed E-state index contributed by atoms with van der Waals surface area (Å²) in [5.41, 5.74) is 0.756. The van der Waals surface area contributed by atoms with Gasteiger partial charge in [-0.2, -0.15) is 0 Å². The fraction of sp³-hybridized carbons (Fsp3) is 0.333. The van der Waals surface area contributed by atoms with Gasteiger partial charge in [0.1, 0.15) is 6.04 Å². The molecule has 4 nitrogen and oxygen atoms in total. The lowest BCUT2D eigenvalue weighted by Crippen LogP contribution is -2.47. The van der Waals surface area contributed by atoms with E-state index in [0.29, 0.717) is 28.8 Å². The van der Waals surface area contributed by atoms with E-state index in [1.165, 1.54) is 0 Å². The van der Waals surface area contributed by atoms with E-state index in [-0.39, 0.29) is 18.4 Å². The number of nitrogens with zero attached hydrogens (tertiary/aromatic N) is 1. The predicted molar refractivity (Wildman–Crippen MR) is 117 cm³/mol. The van der Waals surface area contributed by atoms with E-state index in [4.69, 9.17) is 23.2 Å². The van der Waals surface area contributed by atoms with Crippen molar-refractivity contribution in [2.45, 2.75) is 37.8 Å². The summed E-state index contributed by atoms with van der Waals surface area (Å²) >= 11 is 13.9. The van der Waals surface area contributed by atoms with Gasteiger partial charge in [-0.05, 0) is 43.7 Å². The van der Waals surface area contributed by atoms with Gasteiger partial charge in [0.2, 0.25) is 11.8 Å². The zero-order valence-electron chi connectivity index (χ0n) is 16.0. The van der Waals surface area contributed by atoms with Crippen LogP contribution in [0.25, 0.3) is 0 Å². The van der Waals surface area contributed by atoms with Gasteiger partial charge in [0.15, 0.2) is 0 Å². The number of rotatable bonds is 9. The fourth-order valence-corrected chi connectivity index (χ4v) is 3.98. The highest BCUT2D eigenvalue weighted by Gasteiger charge is 2.26. The molecule has 0 radical (unpaired) electrons. The Morgan fingerprint density at radius 1 is 1.14 bits per heavy atom. The van der Waals surface area contributed by atoms with Gasteiger partial charge in [0.05, 0.1) is 0 Å². The monoisotopic (exact) mass is 438 g/mol. The zero-order chi connectivity index (χ0) is 20.5. The smallest absolute Gasteiger partial charge is 0.242 e. The molecule has 1 N–H and O–H groups in total. The second-order valence-corrected chi connectivity index (χ2v) is 8.25. The molecule has 0 aliphatic heterocycles. The largest absolute Gasteiger partial charge is 0.355 e. The lowest BCUT2D eigenvalue weighted by atomic mass is 10.1. The van der Waals surface area contributed by atoms with E-state index in [1.54, 1.807) is 41.8 Å². The molecule has 0 saturated heterocycles. The maximum absolute atomic E-state index is 12.9. The van der Waals surface area contributed by atoms with Gasteiger partial charge in [-0.1, -0.05) is 47.5 Å². The Balaban J connectivity index is 2.09. The summed E-state index contributed by atoms with van der Waals surface area (Å²) < 4.78 is 0. The number of thioether (sulfide) groups is 1. The van der Waals surface area contributed by atoms with E-state index in [2.05, 4.69) is 5.32 Å². The van der Waals surface area contributed by atoms with Crippen LogP contribution < -0.4 is 5.32 Å². The summed E-state index contributed by atoms with van der Waals surface area (Å²) in [5, 5.41) is 3.79. The minimum atomic E-state index is -0.596. The minimum absolute atomic E-state index is 0.0896. The molecule has 1 atom stereocenters. The molecule has 0 aromatic heterocycles. The Morgan fingerprint density at radius 2 is 1.86 bits per heavy atom. The van der Waals surface area contributed by atoms with Gasteiger partial charge in [-0.25, -0.2) is 0 Å². The molecule has 2 amide bonds. The molecule has 7 heteroatoms. The molecule has 0 bridgehead atoms. The van der Waals surface area contributed by atoms with Crippen molar-refractivity contribution >= 4 is 46.8 Å². The molecule has 0 heterocycles. The topological polar surface area (TPSA) is 49.4 Å². The molecular formula is C21H24Cl2N2O2S. The van der Waals surface area contributed by atoms with Crippen molar-refractivity contribution in [3.05, 3.63) is 64.1 Å². The van der Waals surface area contributed by atoms with E-state index < -0.39 is 6.04 Å². The third-order valence-corrected chi connectivity index (χ3v) is 5.80. The van der Waals surface area contributed by atoms with Crippen LogP contribution in [-0.4, -0.2) is 35.1 Å². The highest BCUT2D eigenvalue weighted by Crippen LogP contribution is 2.24. The predicted octanol–water partition coefficient (Wildman–Crippen LogP) is 5.03. The number of hydrogen-bond acceptors (Lipinski definition) is 3. The van der Waals surface area contributed by atoms with Crippen LogP contribution in [0.3, 0.4) is 0 Å². The Kier molecular flexibility index (Phi) is 9.16. The first-order valence-corrected chi connectivity index (χ1v) is 10.9. The molecule has 0 fully saturated rings. The summed E-state index contributed by atoms with van der Waals surface area (Å²) in [5.74, 6) is 0.361. The summed E-state index contributed by atoms with van der Waals surface area (Å²) in [6, 6.07) is 14.5. The average molecular weight is 439 g/mol. The summed E-state index contributed by atoms with van der Waals surface area (Å²) in [7, 11) is 0. The third-order valence-electron chi connectivity index (χ3n) is 4.20. The number of carbonyl (C=O) groups is 2. The molecule has 0 saturated carbocycles. The van der Waals surface area contributed by atoms with Gasteiger partial charge in [0, 0.05) is 40.2 Å². The van der Waals surface area contributed by atoms with Gasteiger partial charge >= 0.3 is 0 Å². The number of likely N-dealkylation sites (N-methyl/N-ethyl adjacent to an activating group) is 1. The first kappa shape index (κ1) is 22.6. The standard InChI is InChI=1S/C21H24Cl2N2O2S/c1-3-24-21(27)15(2)25(14-16-9-10-17(22)13-19(16)23)20(26)11-12-28-18-7-5-4-6-8-18/h4-10,13,15H,3,11-12,14H2,1-2H3,(H,24,27). The van der Waals surface area contributed by atoms with Crippen LogP contribution in [-0.2, 0) is 16.1 Å². The van der Waals surface area contributed by atoms with E-state index >= 15 is 0 Å². The van der Waals surface area contributed by atoms with Gasteiger partial charge in [-0.3, -0.25) is 9.59 Å². The van der Waals surface area contributed by atoms with Crippen LogP contribution in [0, 0.1) is 0 Å². The number of nitrogens with one attached hydrogen (secondary N) is 1. The fourth-order valence-electron chi connectivity index (χ4n) is 2.65. The number of benzene rings is 2. The van der Waals surface area contributed by atoms with Gasteiger partial charge in [-0.15, -0.1) is 11.8 Å². The van der Waals surface area contributed by atoms with E-state index in [0.717, 1.165) is 10.5 Å². The van der Waals surface area contributed by atoms with Crippen LogP contribution in [0.4, 0.5) is 0 Å². The molecule has 0 spiro atoms. The second kappa shape index (κ2) is 11.3. The lowest BCUT2D eigenvalue weighted by Gasteiger charge is -2.29. The maximum Gasteiger partial charge on any atom is 0.242 e. The molecule has 0 aliphatic carbocycles. The van der Waals surface area contributed by atoms with Gasteiger partial charge in [0.25, 0.3) is 0 Å². The van der Waals surface area contributed by atoms with Crippen LogP contribution in [0.2, 0.25) is 10.0 Å². The lowest BCUT2D eigenvalue weighted by molar-refractivity contribution is -0.140. The van der Waals surface area contributed by atoms with Crippen LogP contribution in [0.1, 0.15) is 25.8 Å². The average Bonchev–Trinajstić information content (AvgIpc) is 2.68.